The lowest BCUT2D eigenvalue weighted by molar-refractivity contribution is 0.0915. The summed E-state index contributed by atoms with van der Waals surface area (Å²) in [6.07, 6.45) is 8.17. The van der Waals surface area contributed by atoms with Crippen LogP contribution >= 0.6 is 15.9 Å². The fourth-order valence-corrected chi connectivity index (χ4v) is 3.57. The number of hydrogen-bond acceptors (Lipinski definition) is 3. The molecule has 2 atom stereocenters. The fraction of sp³-hybridized carbons (Fsp3) is 0.571. The first-order valence-electron chi connectivity index (χ1n) is 6.89. The summed E-state index contributed by atoms with van der Waals surface area (Å²) in [7, 11) is 0. The summed E-state index contributed by atoms with van der Waals surface area (Å²) in [6, 6.07) is 2.65. The van der Waals surface area contributed by atoms with Crippen molar-refractivity contribution in [3.63, 3.8) is 0 Å². The second-order valence-electron chi connectivity index (χ2n) is 5.36. The molecule has 1 N–H and O–H groups in total. The molecule has 2 aliphatic rings. The maximum atomic E-state index is 12.2. The highest BCUT2D eigenvalue weighted by Crippen LogP contribution is 2.27. The van der Waals surface area contributed by atoms with Crippen LogP contribution in [0.2, 0.25) is 0 Å². The van der Waals surface area contributed by atoms with Crippen LogP contribution in [-0.2, 0) is 0 Å². The Morgan fingerprint density at radius 2 is 2.21 bits per heavy atom. The Morgan fingerprint density at radius 1 is 1.32 bits per heavy atom. The third kappa shape index (κ3) is 2.82. The van der Waals surface area contributed by atoms with E-state index in [9.17, 15) is 4.79 Å². The van der Waals surface area contributed by atoms with Gasteiger partial charge in [-0.25, -0.2) is 0 Å². The molecule has 3 heterocycles. The number of rotatable bonds is 2. The summed E-state index contributed by atoms with van der Waals surface area (Å²) in [4.78, 5) is 18.8. The third-order valence-electron chi connectivity index (χ3n) is 4.14. The van der Waals surface area contributed by atoms with Gasteiger partial charge in [-0.15, -0.1) is 0 Å². The average molecular weight is 324 g/mol. The first-order valence-corrected chi connectivity index (χ1v) is 7.69. The van der Waals surface area contributed by atoms with Gasteiger partial charge in [-0.05, 0) is 47.8 Å². The number of piperidine rings is 1. The Balaban J connectivity index is 1.66. The molecule has 2 saturated heterocycles. The van der Waals surface area contributed by atoms with E-state index >= 15 is 0 Å². The number of nitrogens with zero attached hydrogens (tertiary/aromatic N) is 2. The van der Waals surface area contributed by atoms with Gasteiger partial charge in [0.05, 0.1) is 5.56 Å². The molecule has 0 radical (unpaired) electrons. The van der Waals surface area contributed by atoms with Crippen molar-refractivity contribution < 1.29 is 4.79 Å². The van der Waals surface area contributed by atoms with Gasteiger partial charge in [0.15, 0.2) is 0 Å². The van der Waals surface area contributed by atoms with Gasteiger partial charge >= 0.3 is 0 Å². The number of halogens is 1. The molecular weight excluding hydrogens is 306 g/mol. The van der Waals surface area contributed by atoms with Gasteiger partial charge in [-0.1, -0.05) is 6.42 Å². The molecule has 0 bridgehead atoms. The Morgan fingerprint density at radius 3 is 3.05 bits per heavy atom. The van der Waals surface area contributed by atoms with Crippen LogP contribution in [0, 0.1) is 0 Å². The van der Waals surface area contributed by atoms with Crippen molar-refractivity contribution in [2.45, 2.75) is 37.8 Å². The Hall–Kier alpha value is -0.940. The number of pyridine rings is 1. The standard InChI is InChI=1S/C14H18BrN3O/c15-11-7-10(8-16-9-11)14(19)17-12-4-6-18-5-2-1-3-13(12)18/h7-9,12-13H,1-6H2,(H,17,19). The second kappa shape index (κ2) is 5.59. The van der Waals surface area contributed by atoms with Gasteiger partial charge in [0.1, 0.15) is 0 Å². The van der Waals surface area contributed by atoms with Crippen molar-refractivity contribution in [3.05, 3.63) is 28.5 Å². The van der Waals surface area contributed by atoms with Crippen LogP contribution in [0.1, 0.15) is 36.0 Å². The van der Waals surface area contributed by atoms with Crippen molar-refractivity contribution >= 4 is 21.8 Å². The van der Waals surface area contributed by atoms with Crippen LogP contribution in [0.4, 0.5) is 0 Å². The maximum absolute atomic E-state index is 12.2. The van der Waals surface area contributed by atoms with Crippen molar-refractivity contribution in [1.82, 2.24) is 15.2 Å². The number of hydrogen-bond donors (Lipinski definition) is 1. The van der Waals surface area contributed by atoms with Crippen LogP contribution < -0.4 is 5.32 Å². The molecule has 19 heavy (non-hydrogen) atoms. The summed E-state index contributed by atoms with van der Waals surface area (Å²) in [5.41, 5.74) is 0.628. The predicted octanol–water partition coefficient (Wildman–Crippen LogP) is 2.20. The molecule has 1 aromatic rings. The molecule has 0 spiro atoms. The van der Waals surface area contributed by atoms with Gasteiger partial charge in [0, 0.05) is 35.5 Å². The SMILES string of the molecule is O=C(NC1CCN2CCCCC12)c1cncc(Br)c1. The van der Waals surface area contributed by atoms with Gasteiger partial charge in [-0.2, -0.15) is 0 Å². The minimum Gasteiger partial charge on any atom is -0.348 e. The van der Waals surface area contributed by atoms with E-state index in [1.807, 2.05) is 6.07 Å². The van der Waals surface area contributed by atoms with Crippen molar-refractivity contribution in [2.75, 3.05) is 13.1 Å². The lowest BCUT2D eigenvalue weighted by atomic mass is 9.99. The smallest absolute Gasteiger partial charge is 0.253 e. The van der Waals surface area contributed by atoms with Crippen LogP contribution in [0.15, 0.2) is 22.9 Å². The lowest BCUT2D eigenvalue weighted by Gasteiger charge is -2.32. The van der Waals surface area contributed by atoms with Crippen molar-refractivity contribution in [1.29, 1.82) is 0 Å². The number of carbonyl (C=O) groups is 1. The molecule has 5 heteroatoms. The van der Waals surface area contributed by atoms with Gasteiger partial charge in [0.25, 0.3) is 5.91 Å². The monoisotopic (exact) mass is 323 g/mol. The van der Waals surface area contributed by atoms with E-state index in [0.717, 1.165) is 17.4 Å². The maximum Gasteiger partial charge on any atom is 0.253 e. The highest BCUT2D eigenvalue weighted by molar-refractivity contribution is 9.10. The molecule has 2 fully saturated rings. The Labute approximate surface area is 121 Å². The van der Waals surface area contributed by atoms with E-state index in [4.69, 9.17) is 0 Å². The zero-order valence-corrected chi connectivity index (χ0v) is 12.4. The molecule has 102 valence electrons. The molecule has 0 aromatic carbocycles. The highest BCUT2D eigenvalue weighted by Gasteiger charge is 2.36. The molecule has 3 rings (SSSR count). The normalized spacial score (nSPS) is 27.0. The quantitative estimate of drug-likeness (QED) is 0.907. The molecular formula is C14H18BrN3O. The first-order chi connectivity index (χ1) is 9.24. The first kappa shape index (κ1) is 13.1. The molecule has 2 unspecified atom stereocenters. The zero-order chi connectivity index (χ0) is 13.2. The van der Waals surface area contributed by atoms with Crippen LogP contribution in [0.3, 0.4) is 0 Å². The third-order valence-corrected chi connectivity index (χ3v) is 4.57. The van der Waals surface area contributed by atoms with E-state index in [-0.39, 0.29) is 5.91 Å². The number of carbonyl (C=O) groups excluding carboxylic acids is 1. The topological polar surface area (TPSA) is 45.2 Å². The average Bonchev–Trinajstić information content (AvgIpc) is 2.82. The largest absolute Gasteiger partial charge is 0.348 e. The lowest BCUT2D eigenvalue weighted by Crippen LogP contribution is -2.46. The van der Waals surface area contributed by atoms with Gasteiger partial charge in [-0.3, -0.25) is 14.7 Å². The van der Waals surface area contributed by atoms with Crippen LogP contribution in [0.5, 0.6) is 0 Å². The minimum atomic E-state index is -0.00813. The van der Waals surface area contributed by atoms with Crippen molar-refractivity contribution in [2.24, 2.45) is 0 Å². The van der Waals surface area contributed by atoms with E-state index in [1.54, 1.807) is 12.4 Å². The number of fused-ring (bicyclic) bond motifs is 1. The molecule has 0 saturated carbocycles. The second-order valence-corrected chi connectivity index (χ2v) is 6.28. The molecule has 4 nitrogen and oxygen atoms in total. The summed E-state index contributed by atoms with van der Waals surface area (Å²) >= 11 is 3.35. The van der Waals surface area contributed by atoms with E-state index in [0.29, 0.717) is 17.6 Å². The zero-order valence-electron chi connectivity index (χ0n) is 10.8. The molecule has 2 aliphatic heterocycles. The van der Waals surface area contributed by atoms with E-state index in [1.165, 1.54) is 25.8 Å². The summed E-state index contributed by atoms with van der Waals surface area (Å²) in [5.74, 6) is -0.00813. The summed E-state index contributed by atoms with van der Waals surface area (Å²) in [5, 5.41) is 3.18. The molecule has 1 amide bonds. The van der Waals surface area contributed by atoms with E-state index in [2.05, 4.69) is 31.1 Å². The Bertz CT molecular complexity index is 480. The number of nitrogens with one attached hydrogen (secondary N) is 1. The highest BCUT2D eigenvalue weighted by atomic mass is 79.9. The molecule has 0 aliphatic carbocycles. The minimum absolute atomic E-state index is 0.00813. The van der Waals surface area contributed by atoms with Crippen molar-refractivity contribution in [3.8, 4) is 0 Å². The van der Waals surface area contributed by atoms with Gasteiger partial charge < -0.3 is 5.32 Å². The summed E-state index contributed by atoms with van der Waals surface area (Å²) in [6.45, 7) is 2.31. The Kier molecular flexibility index (Phi) is 3.84. The molecule has 1 aromatic heterocycles. The summed E-state index contributed by atoms with van der Waals surface area (Å²) < 4.78 is 0.839. The fourth-order valence-electron chi connectivity index (χ4n) is 3.20. The predicted molar refractivity (Wildman–Crippen MR) is 77.0 cm³/mol. The number of aromatic nitrogens is 1. The van der Waals surface area contributed by atoms with Crippen LogP contribution in [-0.4, -0.2) is 41.0 Å². The van der Waals surface area contributed by atoms with Gasteiger partial charge in [0.2, 0.25) is 0 Å². The van der Waals surface area contributed by atoms with E-state index < -0.39 is 0 Å². The number of amides is 1. The van der Waals surface area contributed by atoms with Crippen LogP contribution in [0.25, 0.3) is 0 Å².